The molecule has 0 unspecified atom stereocenters. The van der Waals surface area contributed by atoms with Crippen molar-refractivity contribution in [1.29, 1.82) is 0 Å². The van der Waals surface area contributed by atoms with Crippen LogP contribution in [0.3, 0.4) is 0 Å². The van der Waals surface area contributed by atoms with E-state index in [4.69, 9.17) is 5.73 Å². The molecule has 1 fully saturated rings. The van der Waals surface area contributed by atoms with Crippen molar-refractivity contribution < 1.29 is 13.2 Å². The molecule has 1 aliphatic carbocycles. The molecule has 1 aromatic carbocycles. The molecule has 8 heteroatoms. The molecule has 106 valence electrons. The molecule has 1 aromatic heterocycles. The summed E-state index contributed by atoms with van der Waals surface area (Å²) in [5.74, 6) is -0.798. The van der Waals surface area contributed by atoms with Crippen molar-refractivity contribution in [2.75, 3.05) is 0 Å². The SMILES string of the molecule is NC(=O)c1[nH]c2ccc(Br)cc2c1S(=O)(=O)NC1CC1. The number of aromatic amines is 1. The molecule has 4 N–H and O–H groups in total. The lowest BCUT2D eigenvalue weighted by atomic mass is 10.2. The maximum absolute atomic E-state index is 12.4. The quantitative estimate of drug-likeness (QED) is 0.771. The third-order valence-corrected chi connectivity index (χ3v) is 5.23. The highest BCUT2D eigenvalue weighted by Crippen LogP contribution is 2.31. The number of hydrogen-bond acceptors (Lipinski definition) is 3. The topological polar surface area (TPSA) is 105 Å². The minimum absolute atomic E-state index is 0.0437. The molecule has 0 aliphatic heterocycles. The lowest BCUT2D eigenvalue weighted by Gasteiger charge is -2.06. The molecular weight excluding hydrogens is 346 g/mol. The van der Waals surface area contributed by atoms with E-state index in [0.717, 1.165) is 17.3 Å². The maximum Gasteiger partial charge on any atom is 0.266 e. The van der Waals surface area contributed by atoms with Gasteiger partial charge in [-0.2, -0.15) is 0 Å². The summed E-state index contributed by atoms with van der Waals surface area (Å²) in [7, 11) is -3.78. The van der Waals surface area contributed by atoms with E-state index in [-0.39, 0.29) is 16.6 Å². The lowest BCUT2D eigenvalue weighted by Crippen LogP contribution is -2.28. The molecule has 1 amide bonds. The van der Waals surface area contributed by atoms with Gasteiger partial charge in [0, 0.05) is 21.4 Å². The predicted octanol–water partition coefficient (Wildman–Crippen LogP) is 1.47. The number of benzene rings is 1. The normalized spacial score (nSPS) is 15.7. The van der Waals surface area contributed by atoms with E-state index in [1.54, 1.807) is 18.2 Å². The Balaban J connectivity index is 2.27. The highest BCUT2D eigenvalue weighted by Gasteiger charge is 2.32. The largest absolute Gasteiger partial charge is 0.364 e. The van der Waals surface area contributed by atoms with Gasteiger partial charge in [-0.3, -0.25) is 4.79 Å². The van der Waals surface area contributed by atoms with E-state index in [2.05, 4.69) is 25.6 Å². The van der Waals surface area contributed by atoms with Crippen LogP contribution in [-0.2, 0) is 10.0 Å². The van der Waals surface area contributed by atoms with Crippen LogP contribution < -0.4 is 10.5 Å². The van der Waals surface area contributed by atoms with Crippen LogP contribution in [0.25, 0.3) is 10.9 Å². The number of carbonyl (C=O) groups is 1. The Morgan fingerprint density at radius 1 is 1.40 bits per heavy atom. The molecule has 1 heterocycles. The second-order valence-corrected chi connectivity index (χ2v) is 7.35. The molecule has 0 bridgehead atoms. The Morgan fingerprint density at radius 2 is 2.10 bits per heavy atom. The number of aromatic nitrogens is 1. The van der Waals surface area contributed by atoms with Gasteiger partial charge in [-0.25, -0.2) is 13.1 Å². The Morgan fingerprint density at radius 3 is 2.70 bits per heavy atom. The van der Waals surface area contributed by atoms with Crippen LogP contribution in [0, 0.1) is 0 Å². The van der Waals surface area contributed by atoms with Gasteiger partial charge < -0.3 is 10.7 Å². The van der Waals surface area contributed by atoms with Gasteiger partial charge in [-0.15, -0.1) is 0 Å². The number of rotatable bonds is 4. The van der Waals surface area contributed by atoms with Gasteiger partial charge in [-0.05, 0) is 31.0 Å². The summed E-state index contributed by atoms with van der Waals surface area (Å²) >= 11 is 3.30. The molecule has 0 spiro atoms. The number of nitrogens with one attached hydrogen (secondary N) is 2. The van der Waals surface area contributed by atoms with Crippen LogP contribution in [0.4, 0.5) is 0 Å². The number of hydrogen-bond donors (Lipinski definition) is 3. The van der Waals surface area contributed by atoms with E-state index in [1.165, 1.54) is 0 Å². The van der Waals surface area contributed by atoms with Gasteiger partial charge in [0.2, 0.25) is 10.0 Å². The number of nitrogens with two attached hydrogens (primary N) is 1. The van der Waals surface area contributed by atoms with E-state index in [1.807, 2.05) is 0 Å². The van der Waals surface area contributed by atoms with E-state index < -0.39 is 15.9 Å². The Hall–Kier alpha value is -1.38. The molecule has 0 atom stereocenters. The summed E-state index contributed by atoms with van der Waals surface area (Å²) in [4.78, 5) is 14.2. The number of primary amides is 1. The fourth-order valence-corrected chi connectivity index (χ4v) is 4.10. The maximum atomic E-state index is 12.4. The number of sulfonamides is 1. The monoisotopic (exact) mass is 357 g/mol. The van der Waals surface area contributed by atoms with Crippen molar-refractivity contribution in [3.8, 4) is 0 Å². The van der Waals surface area contributed by atoms with Crippen molar-refractivity contribution in [3.63, 3.8) is 0 Å². The molecule has 0 radical (unpaired) electrons. The number of amides is 1. The second kappa shape index (κ2) is 4.57. The van der Waals surface area contributed by atoms with Crippen LogP contribution in [0.15, 0.2) is 27.6 Å². The third-order valence-electron chi connectivity index (χ3n) is 3.13. The average molecular weight is 358 g/mol. The zero-order valence-corrected chi connectivity index (χ0v) is 12.7. The molecule has 1 saturated carbocycles. The van der Waals surface area contributed by atoms with Crippen molar-refractivity contribution in [1.82, 2.24) is 9.71 Å². The summed E-state index contributed by atoms with van der Waals surface area (Å²) in [6.07, 6.45) is 1.63. The van der Waals surface area contributed by atoms with Crippen molar-refractivity contribution in [3.05, 3.63) is 28.4 Å². The summed E-state index contributed by atoms with van der Waals surface area (Å²) in [5, 5.41) is 0.446. The lowest BCUT2D eigenvalue weighted by molar-refractivity contribution is 0.0993. The predicted molar refractivity (Wildman–Crippen MR) is 77.9 cm³/mol. The zero-order chi connectivity index (χ0) is 14.5. The smallest absolute Gasteiger partial charge is 0.266 e. The first-order valence-corrected chi connectivity index (χ1v) is 8.29. The Bertz CT molecular complexity index is 809. The van der Waals surface area contributed by atoms with Crippen LogP contribution >= 0.6 is 15.9 Å². The first kappa shape index (κ1) is 13.6. The number of halogens is 1. The summed E-state index contributed by atoms with van der Waals surface area (Å²) in [6.45, 7) is 0. The van der Waals surface area contributed by atoms with Gasteiger partial charge in [0.05, 0.1) is 0 Å². The van der Waals surface area contributed by atoms with E-state index in [0.29, 0.717) is 10.9 Å². The fraction of sp³-hybridized carbons (Fsp3) is 0.250. The van der Waals surface area contributed by atoms with Crippen LogP contribution in [0.5, 0.6) is 0 Å². The van der Waals surface area contributed by atoms with Gasteiger partial charge in [0.15, 0.2) is 0 Å². The van der Waals surface area contributed by atoms with Gasteiger partial charge in [0.1, 0.15) is 10.6 Å². The minimum atomic E-state index is -3.78. The van der Waals surface area contributed by atoms with Crippen LogP contribution in [0.2, 0.25) is 0 Å². The van der Waals surface area contributed by atoms with Crippen LogP contribution in [-0.4, -0.2) is 25.4 Å². The van der Waals surface area contributed by atoms with E-state index >= 15 is 0 Å². The summed E-state index contributed by atoms with van der Waals surface area (Å²) < 4.78 is 28.2. The third kappa shape index (κ3) is 2.34. The number of fused-ring (bicyclic) bond motifs is 1. The molecular formula is C12H12BrN3O3S. The van der Waals surface area contributed by atoms with Crippen molar-refractivity contribution >= 4 is 42.8 Å². The number of H-pyrrole nitrogens is 1. The molecule has 2 aromatic rings. The summed E-state index contributed by atoms with van der Waals surface area (Å²) in [5.41, 5.74) is 5.75. The minimum Gasteiger partial charge on any atom is -0.364 e. The number of carbonyl (C=O) groups excluding carboxylic acids is 1. The van der Waals surface area contributed by atoms with Crippen molar-refractivity contribution in [2.24, 2.45) is 5.73 Å². The standard InChI is InChI=1S/C12H12BrN3O3S/c13-6-1-4-9-8(5-6)11(10(15-9)12(14)17)20(18,19)16-7-2-3-7/h1,4-5,7,15-16H,2-3H2,(H2,14,17). The van der Waals surface area contributed by atoms with E-state index in [9.17, 15) is 13.2 Å². The Kier molecular flexibility index (Phi) is 3.11. The highest BCUT2D eigenvalue weighted by atomic mass is 79.9. The molecule has 20 heavy (non-hydrogen) atoms. The van der Waals surface area contributed by atoms with Gasteiger partial charge in [-0.1, -0.05) is 15.9 Å². The molecule has 1 aliphatic rings. The molecule has 3 rings (SSSR count). The Labute approximate surface area is 123 Å². The second-order valence-electron chi connectivity index (χ2n) is 4.78. The van der Waals surface area contributed by atoms with Gasteiger partial charge >= 0.3 is 0 Å². The first-order valence-electron chi connectivity index (χ1n) is 6.02. The summed E-state index contributed by atoms with van der Waals surface area (Å²) in [6, 6.07) is 5.06. The van der Waals surface area contributed by atoms with Crippen LogP contribution in [0.1, 0.15) is 23.3 Å². The molecule has 0 saturated heterocycles. The first-order chi connectivity index (χ1) is 9.38. The zero-order valence-electron chi connectivity index (χ0n) is 10.3. The van der Waals surface area contributed by atoms with Gasteiger partial charge in [0.25, 0.3) is 5.91 Å². The molecule has 6 nitrogen and oxygen atoms in total. The fourth-order valence-electron chi connectivity index (χ4n) is 2.07. The average Bonchev–Trinajstić information content (AvgIpc) is 3.05. The van der Waals surface area contributed by atoms with Crippen molar-refractivity contribution in [2.45, 2.75) is 23.8 Å². The highest BCUT2D eigenvalue weighted by molar-refractivity contribution is 9.10.